The maximum Gasteiger partial charge on any atom is 0.311 e. The van der Waals surface area contributed by atoms with Crippen LogP contribution in [0.4, 0.5) is 0 Å². The second kappa shape index (κ2) is 4.58. The average Bonchev–Trinajstić information content (AvgIpc) is 2.10. The number of hydrogen-bond acceptors (Lipinski definition) is 4. The van der Waals surface area contributed by atoms with Gasteiger partial charge in [0.1, 0.15) is 0 Å². The first kappa shape index (κ1) is 10.5. The molecule has 1 aliphatic rings. The van der Waals surface area contributed by atoms with E-state index in [4.69, 9.17) is 10.5 Å². The van der Waals surface area contributed by atoms with Gasteiger partial charge in [0.05, 0.1) is 18.6 Å². The van der Waals surface area contributed by atoms with Gasteiger partial charge in [0, 0.05) is 6.04 Å². The van der Waals surface area contributed by atoms with Crippen LogP contribution >= 0.6 is 0 Å². The quantitative estimate of drug-likeness (QED) is 0.598. The third kappa shape index (κ3) is 2.42. The maximum atomic E-state index is 11.3. The van der Waals surface area contributed by atoms with Crippen LogP contribution in [0.2, 0.25) is 0 Å². The molecule has 4 heteroatoms. The predicted molar refractivity (Wildman–Crippen MR) is 48.0 cm³/mol. The number of aliphatic hydroxyl groups is 1. The molecule has 0 unspecified atom stereocenters. The Morgan fingerprint density at radius 2 is 2.31 bits per heavy atom. The minimum atomic E-state index is -0.729. The Morgan fingerprint density at radius 3 is 2.92 bits per heavy atom. The Balaban J connectivity index is 2.52. The van der Waals surface area contributed by atoms with Crippen molar-refractivity contribution in [3.63, 3.8) is 0 Å². The van der Waals surface area contributed by atoms with Crippen LogP contribution in [0.25, 0.3) is 0 Å². The molecule has 76 valence electrons. The highest BCUT2D eigenvalue weighted by molar-refractivity contribution is 5.73. The first-order chi connectivity index (χ1) is 6.16. The standard InChI is InChI=1S/C9H17NO3/c1-2-13-9(12)6-4-3-5-7(10)8(6)11/h6-8,11H,2-5,10H2,1H3/t6-,7-,8-/m1/s1. The van der Waals surface area contributed by atoms with Gasteiger partial charge in [0.25, 0.3) is 0 Å². The molecule has 0 saturated heterocycles. The number of esters is 1. The summed E-state index contributed by atoms with van der Waals surface area (Å²) in [6.45, 7) is 2.12. The van der Waals surface area contributed by atoms with E-state index in [1.165, 1.54) is 0 Å². The molecule has 0 heterocycles. The molecule has 0 aromatic rings. The summed E-state index contributed by atoms with van der Waals surface area (Å²) in [5.74, 6) is -0.728. The number of carbonyl (C=O) groups excluding carboxylic acids is 1. The monoisotopic (exact) mass is 187 g/mol. The average molecular weight is 187 g/mol. The van der Waals surface area contributed by atoms with E-state index in [2.05, 4.69) is 0 Å². The fourth-order valence-corrected chi connectivity index (χ4v) is 1.72. The molecule has 0 aromatic heterocycles. The zero-order chi connectivity index (χ0) is 9.84. The van der Waals surface area contributed by atoms with Crippen LogP contribution in [0.3, 0.4) is 0 Å². The fourth-order valence-electron chi connectivity index (χ4n) is 1.72. The summed E-state index contributed by atoms with van der Waals surface area (Å²) in [5.41, 5.74) is 5.64. The van der Waals surface area contributed by atoms with E-state index in [0.717, 1.165) is 12.8 Å². The summed E-state index contributed by atoms with van der Waals surface area (Å²) < 4.78 is 4.85. The Kier molecular flexibility index (Phi) is 3.69. The topological polar surface area (TPSA) is 72.5 Å². The predicted octanol–water partition coefficient (Wildman–Crippen LogP) is 0.0378. The van der Waals surface area contributed by atoms with Crippen molar-refractivity contribution in [1.29, 1.82) is 0 Å². The summed E-state index contributed by atoms with van der Waals surface area (Å²) in [4.78, 5) is 11.3. The molecule has 0 bridgehead atoms. The van der Waals surface area contributed by atoms with Gasteiger partial charge in [-0.1, -0.05) is 6.42 Å². The second-order valence-electron chi connectivity index (χ2n) is 3.44. The van der Waals surface area contributed by atoms with Gasteiger partial charge < -0.3 is 15.6 Å². The van der Waals surface area contributed by atoms with Crippen LogP contribution in [0, 0.1) is 5.92 Å². The summed E-state index contributed by atoms with van der Waals surface area (Å²) >= 11 is 0. The van der Waals surface area contributed by atoms with Crippen molar-refractivity contribution >= 4 is 5.97 Å². The van der Waals surface area contributed by atoms with Gasteiger partial charge in [-0.3, -0.25) is 4.79 Å². The first-order valence-corrected chi connectivity index (χ1v) is 4.77. The smallest absolute Gasteiger partial charge is 0.311 e. The number of rotatable bonds is 2. The summed E-state index contributed by atoms with van der Waals surface area (Å²) in [6.07, 6.45) is 1.64. The van der Waals surface area contributed by atoms with E-state index in [1.54, 1.807) is 6.92 Å². The van der Waals surface area contributed by atoms with Gasteiger partial charge in [-0.05, 0) is 19.8 Å². The molecule has 0 radical (unpaired) electrons. The molecule has 3 atom stereocenters. The molecular weight excluding hydrogens is 170 g/mol. The van der Waals surface area contributed by atoms with Gasteiger partial charge in [-0.25, -0.2) is 0 Å². The molecule has 13 heavy (non-hydrogen) atoms. The van der Waals surface area contributed by atoms with E-state index in [-0.39, 0.29) is 12.0 Å². The second-order valence-corrected chi connectivity index (χ2v) is 3.44. The highest BCUT2D eigenvalue weighted by Gasteiger charge is 2.35. The lowest BCUT2D eigenvalue weighted by Crippen LogP contribution is -2.46. The van der Waals surface area contributed by atoms with Crippen LogP contribution in [0.1, 0.15) is 26.2 Å². The number of ether oxygens (including phenoxy) is 1. The van der Waals surface area contributed by atoms with Gasteiger partial charge in [-0.15, -0.1) is 0 Å². The van der Waals surface area contributed by atoms with E-state index >= 15 is 0 Å². The van der Waals surface area contributed by atoms with Crippen molar-refractivity contribution in [1.82, 2.24) is 0 Å². The molecule has 1 rings (SSSR count). The highest BCUT2D eigenvalue weighted by atomic mass is 16.5. The Labute approximate surface area is 78.1 Å². The van der Waals surface area contributed by atoms with Crippen LogP contribution < -0.4 is 5.73 Å². The van der Waals surface area contributed by atoms with E-state index in [1.807, 2.05) is 0 Å². The van der Waals surface area contributed by atoms with E-state index in [0.29, 0.717) is 13.0 Å². The third-order valence-electron chi connectivity index (χ3n) is 2.49. The molecule has 1 aliphatic carbocycles. The van der Waals surface area contributed by atoms with Crippen molar-refractivity contribution in [3.05, 3.63) is 0 Å². The lowest BCUT2D eigenvalue weighted by Gasteiger charge is -2.30. The van der Waals surface area contributed by atoms with Crippen LogP contribution in [0.15, 0.2) is 0 Å². The maximum absolute atomic E-state index is 11.3. The molecule has 3 N–H and O–H groups in total. The lowest BCUT2D eigenvalue weighted by molar-refractivity contribution is -0.154. The number of aliphatic hydroxyl groups excluding tert-OH is 1. The molecule has 0 spiro atoms. The number of hydrogen-bond donors (Lipinski definition) is 2. The summed E-state index contributed by atoms with van der Waals surface area (Å²) in [7, 11) is 0. The van der Waals surface area contributed by atoms with Crippen molar-refractivity contribution < 1.29 is 14.6 Å². The Morgan fingerprint density at radius 1 is 1.62 bits per heavy atom. The van der Waals surface area contributed by atoms with Crippen molar-refractivity contribution in [3.8, 4) is 0 Å². The van der Waals surface area contributed by atoms with Crippen LogP contribution in [-0.4, -0.2) is 29.8 Å². The van der Waals surface area contributed by atoms with Crippen LogP contribution in [0.5, 0.6) is 0 Å². The summed E-state index contributed by atoms with van der Waals surface area (Å²) in [6, 6.07) is -0.275. The fraction of sp³-hybridized carbons (Fsp3) is 0.889. The number of carbonyl (C=O) groups is 1. The van der Waals surface area contributed by atoms with Gasteiger partial charge >= 0.3 is 5.97 Å². The zero-order valence-corrected chi connectivity index (χ0v) is 7.90. The molecule has 0 amide bonds. The Hall–Kier alpha value is -0.610. The molecule has 1 fully saturated rings. The largest absolute Gasteiger partial charge is 0.466 e. The minimum Gasteiger partial charge on any atom is -0.466 e. The van der Waals surface area contributed by atoms with E-state index < -0.39 is 12.0 Å². The zero-order valence-electron chi connectivity index (χ0n) is 7.90. The molecule has 0 aromatic carbocycles. The molecule has 4 nitrogen and oxygen atoms in total. The normalized spacial score (nSPS) is 34.2. The Bertz CT molecular complexity index is 184. The minimum absolute atomic E-state index is 0.275. The van der Waals surface area contributed by atoms with Gasteiger partial charge in [0.2, 0.25) is 0 Å². The van der Waals surface area contributed by atoms with Gasteiger partial charge in [0.15, 0.2) is 0 Å². The van der Waals surface area contributed by atoms with Crippen LogP contribution in [-0.2, 0) is 9.53 Å². The van der Waals surface area contributed by atoms with Crippen molar-refractivity contribution in [2.45, 2.75) is 38.3 Å². The molecule has 1 saturated carbocycles. The lowest BCUT2D eigenvalue weighted by atomic mass is 9.83. The SMILES string of the molecule is CCOC(=O)[C@@H]1CCC[C@@H](N)[C@@H]1O. The first-order valence-electron chi connectivity index (χ1n) is 4.77. The van der Waals surface area contributed by atoms with Gasteiger partial charge in [-0.2, -0.15) is 0 Å². The van der Waals surface area contributed by atoms with E-state index in [9.17, 15) is 9.90 Å². The van der Waals surface area contributed by atoms with Crippen molar-refractivity contribution in [2.75, 3.05) is 6.61 Å². The van der Waals surface area contributed by atoms with Crippen molar-refractivity contribution in [2.24, 2.45) is 11.7 Å². The third-order valence-corrected chi connectivity index (χ3v) is 2.49. The molecular formula is C9H17NO3. The molecule has 0 aliphatic heterocycles. The number of nitrogens with two attached hydrogens (primary N) is 1. The highest BCUT2D eigenvalue weighted by Crippen LogP contribution is 2.24. The summed E-state index contributed by atoms with van der Waals surface area (Å²) in [5, 5.41) is 9.61.